The highest BCUT2D eigenvalue weighted by Crippen LogP contribution is 2.31. The number of ether oxygens (including phenoxy) is 3. The number of nitrogen functional groups attached to an aromatic ring is 1. The van der Waals surface area contributed by atoms with E-state index in [9.17, 15) is 14.4 Å². The van der Waals surface area contributed by atoms with Crippen LogP contribution in [0.4, 0.5) is 5.95 Å². The van der Waals surface area contributed by atoms with Gasteiger partial charge >= 0.3 is 17.6 Å². The molecule has 1 aliphatic heterocycles. The fourth-order valence-corrected chi connectivity index (χ4v) is 3.74. The van der Waals surface area contributed by atoms with E-state index in [0.717, 1.165) is 15.7 Å². The fraction of sp³-hybridized carbons (Fsp3) is 0.292. The number of hydrogen-bond acceptors (Lipinski definition) is 9. The van der Waals surface area contributed by atoms with Gasteiger partial charge < -0.3 is 19.9 Å². The Balaban J connectivity index is 1.53. The van der Waals surface area contributed by atoms with Gasteiger partial charge in [0.2, 0.25) is 5.95 Å². The van der Waals surface area contributed by atoms with Gasteiger partial charge in [0.25, 0.3) is 0 Å². The van der Waals surface area contributed by atoms with Crippen LogP contribution in [0.15, 0.2) is 59.7 Å². The molecule has 1 fully saturated rings. The second kappa shape index (κ2) is 9.84. The Morgan fingerprint density at radius 2 is 1.68 bits per heavy atom. The number of esters is 2. The van der Waals surface area contributed by atoms with Crippen LogP contribution < -0.4 is 11.4 Å². The molecule has 3 atom stereocenters. The van der Waals surface area contributed by atoms with Crippen LogP contribution in [0, 0.1) is 13.8 Å². The smallest absolute Gasteiger partial charge is 0.354 e. The number of nitrogens with two attached hydrogens (primary N) is 1. The largest absolute Gasteiger partial charge is 0.459 e. The van der Waals surface area contributed by atoms with E-state index in [1.807, 2.05) is 12.1 Å². The Kier molecular flexibility index (Phi) is 6.69. The molecule has 0 radical (unpaired) electrons. The summed E-state index contributed by atoms with van der Waals surface area (Å²) in [5.41, 5.74) is 7.18. The number of aromatic nitrogens is 3. The van der Waals surface area contributed by atoms with Gasteiger partial charge in [0, 0.05) is 6.42 Å². The summed E-state index contributed by atoms with van der Waals surface area (Å²) in [5.74, 6) is -1.23. The van der Waals surface area contributed by atoms with Gasteiger partial charge in [-0.05, 0) is 37.1 Å². The van der Waals surface area contributed by atoms with Crippen LogP contribution in [0.3, 0.4) is 0 Å². The second-order valence-corrected chi connectivity index (χ2v) is 7.94. The molecule has 1 saturated heterocycles. The minimum Gasteiger partial charge on any atom is -0.459 e. The molecule has 1 aromatic heterocycles. The van der Waals surface area contributed by atoms with Crippen LogP contribution in [0.25, 0.3) is 0 Å². The summed E-state index contributed by atoms with van der Waals surface area (Å²) >= 11 is 0. The van der Waals surface area contributed by atoms with Crippen molar-refractivity contribution in [2.75, 3.05) is 12.3 Å². The maximum atomic E-state index is 12.8. The number of carbonyl (C=O) groups excluding carboxylic acids is 2. The summed E-state index contributed by atoms with van der Waals surface area (Å²) in [4.78, 5) is 45.1. The van der Waals surface area contributed by atoms with Crippen molar-refractivity contribution in [1.82, 2.24) is 14.5 Å². The number of carbonyl (C=O) groups is 2. The van der Waals surface area contributed by atoms with Crippen molar-refractivity contribution >= 4 is 17.9 Å². The van der Waals surface area contributed by atoms with Gasteiger partial charge in [-0.25, -0.2) is 19.4 Å². The summed E-state index contributed by atoms with van der Waals surface area (Å²) in [6.45, 7) is 3.43. The SMILES string of the molecule is Cc1ccccc1C(=O)OC[C@H]1O[C@H](n2cnc(N)nc2=O)C[C@@H]1OC(=O)c1ccccc1C. The van der Waals surface area contributed by atoms with E-state index in [4.69, 9.17) is 19.9 Å². The number of aryl methyl sites for hydroxylation is 2. The summed E-state index contributed by atoms with van der Waals surface area (Å²) in [6.07, 6.45) is -1.07. The zero-order valence-corrected chi connectivity index (χ0v) is 18.7. The number of anilines is 1. The highest BCUT2D eigenvalue weighted by atomic mass is 16.6. The van der Waals surface area contributed by atoms with Crippen molar-refractivity contribution < 1.29 is 23.8 Å². The average Bonchev–Trinajstić information content (AvgIpc) is 3.20. The normalized spacial score (nSPS) is 19.5. The molecule has 0 spiro atoms. The quantitative estimate of drug-likeness (QED) is 0.545. The van der Waals surface area contributed by atoms with Crippen molar-refractivity contribution in [3.05, 3.63) is 87.6 Å². The molecule has 0 amide bonds. The predicted molar refractivity (Wildman–Crippen MR) is 121 cm³/mol. The lowest BCUT2D eigenvalue weighted by atomic mass is 10.1. The van der Waals surface area contributed by atoms with Gasteiger partial charge in [-0.1, -0.05) is 36.4 Å². The zero-order valence-electron chi connectivity index (χ0n) is 18.7. The van der Waals surface area contributed by atoms with E-state index in [2.05, 4.69) is 9.97 Å². The van der Waals surface area contributed by atoms with E-state index in [-0.39, 0.29) is 19.0 Å². The van der Waals surface area contributed by atoms with Crippen LogP contribution in [0.2, 0.25) is 0 Å². The summed E-state index contributed by atoms with van der Waals surface area (Å²) in [7, 11) is 0. The highest BCUT2D eigenvalue weighted by molar-refractivity contribution is 5.91. The van der Waals surface area contributed by atoms with Crippen LogP contribution >= 0.6 is 0 Å². The molecule has 4 rings (SSSR count). The second-order valence-electron chi connectivity index (χ2n) is 7.94. The first-order chi connectivity index (χ1) is 16.3. The molecule has 176 valence electrons. The van der Waals surface area contributed by atoms with Crippen molar-refractivity contribution in [1.29, 1.82) is 0 Å². The fourth-order valence-electron chi connectivity index (χ4n) is 3.74. The Morgan fingerprint density at radius 1 is 1.06 bits per heavy atom. The lowest BCUT2D eigenvalue weighted by Crippen LogP contribution is -2.32. The molecule has 3 aromatic rings. The monoisotopic (exact) mass is 464 g/mol. The molecule has 34 heavy (non-hydrogen) atoms. The first-order valence-electron chi connectivity index (χ1n) is 10.7. The van der Waals surface area contributed by atoms with E-state index in [1.165, 1.54) is 6.33 Å². The molecular formula is C24H24N4O6. The average molecular weight is 464 g/mol. The van der Waals surface area contributed by atoms with Crippen molar-refractivity contribution in [3.8, 4) is 0 Å². The van der Waals surface area contributed by atoms with Crippen LogP contribution in [0.5, 0.6) is 0 Å². The predicted octanol–water partition coefficient (Wildman–Crippen LogP) is 2.21. The minimum atomic E-state index is -0.829. The van der Waals surface area contributed by atoms with Gasteiger partial charge in [0.1, 0.15) is 31.4 Å². The van der Waals surface area contributed by atoms with Gasteiger partial charge in [0.05, 0.1) is 11.1 Å². The van der Waals surface area contributed by atoms with Crippen molar-refractivity contribution in [2.45, 2.75) is 38.7 Å². The van der Waals surface area contributed by atoms with Gasteiger partial charge in [-0.15, -0.1) is 0 Å². The minimum absolute atomic E-state index is 0.136. The summed E-state index contributed by atoms with van der Waals surface area (Å²) < 4.78 is 18.3. The first kappa shape index (κ1) is 23.1. The van der Waals surface area contributed by atoms with E-state index < -0.39 is 36.1 Å². The van der Waals surface area contributed by atoms with Crippen LogP contribution in [-0.2, 0) is 14.2 Å². The number of rotatable bonds is 6. The van der Waals surface area contributed by atoms with E-state index in [0.29, 0.717) is 11.1 Å². The van der Waals surface area contributed by atoms with E-state index in [1.54, 1.807) is 50.2 Å². The molecule has 0 unspecified atom stereocenters. The molecular weight excluding hydrogens is 440 g/mol. The van der Waals surface area contributed by atoms with Crippen molar-refractivity contribution in [2.24, 2.45) is 0 Å². The molecule has 0 aliphatic carbocycles. The Labute approximate surface area is 195 Å². The summed E-state index contributed by atoms with van der Waals surface area (Å²) in [5, 5.41) is 0. The summed E-state index contributed by atoms with van der Waals surface area (Å²) in [6, 6.07) is 14.1. The first-order valence-corrected chi connectivity index (χ1v) is 10.7. The van der Waals surface area contributed by atoms with Crippen LogP contribution in [-0.4, -0.2) is 45.3 Å². The highest BCUT2D eigenvalue weighted by Gasteiger charge is 2.40. The number of benzene rings is 2. The van der Waals surface area contributed by atoms with E-state index >= 15 is 0 Å². The van der Waals surface area contributed by atoms with Gasteiger partial charge in [0.15, 0.2) is 0 Å². The molecule has 2 aromatic carbocycles. The van der Waals surface area contributed by atoms with Crippen LogP contribution in [0.1, 0.15) is 44.5 Å². The van der Waals surface area contributed by atoms with Gasteiger partial charge in [-0.3, -0.25) is 4.57 Å². The lowest BCUT2D eigenvalue weighted by Gasteiger charge is -2.19. The maximum absolute atomic E-state index is 12.8. The molecule has 10 nitrogen and oxygen atoms in total. The van der Waals surface area contributed by atoms with Crippen molar-refractivity contribution in [3.63, 3.8) is 0 Å². The standard InChI is InChI=1S/C24H24N4O6/c1-14-7-3-5-9-16(14)21(29)32-12-19-18(34-22(30)17-10-6-4-8-15(17)2)11-20(33-19)28-13-26-23(25)27-24(28)31/h3-10,13,18-20H,11-12H2,1-2H3,(H2,25,27,31)/t18-,19+,20-/m0/s1. The third-order valence-electron chi connectivity index (χ3n) is 5.60. The molecule has 0 saturated carbocycles. The number of hydrogen-bond donors (Lipinski definition) is 1. The topological polar surface area (TPSA) is 136 Å². The molecule has 2 heterocycles. The third kappa shape index (κ3) is 4.96. The lowest BCUT2D eigenvalue weighted by molar-refractivity contribution is -0.0584. The zero-order chi connectivity index (χ0) is 24.2. The molecule has 2 N–H and O–H groups in total. The maximum Gasteiger partial charge on any atom is 0.354 e. The third-order valence-corrected chi connectivity index (χ3v) is 5.60. The Bertz CT molecular complexity index is 1270. The molecule has 0 bridgehead atoms. The van der Waals surface area contributed by atoms with Gasteiger partial charge in [-0.2, -0.15) is 4.98 Å². The molecule has 1 aliphatic rings. The Hall–Kier alpha value is -4.05. The molecule has 10 heteroatoms. The Morgan fingerprint density at radius 3 is 2.29 bits per heavy atom. The number of nitrogens with zero attached hydrogens (tertiary/aromatic N) is 3.